The van der Waals surface area contributed by atoms with Gasteiger partial charge in [-0.2, -0.15) is 0 Å². The van der Waals surface area contributed by atoms with E-state index in [1.54, 1.807) is 6.08 Å². The van der Waals surface area contributed by atoms with Gasteiger partial charge in [0.25, 0.3) is 0 Å². The van der Waals surface area contributed by atoms with Crippen LogP contribution in [-0.2, 0) is 0 Å². The van der Waals surface area contributed by atoms with Gasteiger partial charge in [0.1, 0.15) is 6.61 Å². The highest BCUT2D eigenvalue weighted by Crippen LogP contribution is 2.20. The summed E-state index contributed by atoms with van der Waals surface area (Å²) >= 11 is 0. The van der Waals surface area contributed by atoms with Crippen LogP contribution in [0, 0.1) is 5.82 Å². The Bertz CT molecular complexity index is 577. The van der Waals surface area contributed by atoms with Crippen LogP contribution in [0.2, 0.25) is 0 Å². The van der Waals surface area contributed by atoms with Gasteiger partial charge < -0.3 is 4.74 Å². The van der Waals surface area contributed by atoms with Gasteiger partial charge >= 0.3 is 0 Å². The summed E-state index contributed by atoms with van der Waals surface area (Å²) in [5.41, 5.74) is 1.25. The Hall–Kier alpha value is -2.42. The van der Waals surface area contributed by atoms with Gasteiger partial charge in [-0.05, 0) is 23.8 Å². The summed E-state index contributed by atoms with van der Waals surface area (Å²) in [5, 5.41) is 0. The largest absolute Gasteiger partial charge is 0.486 e. The quantitative estimate of drug-likeness (QED) is 0.762. The van der Waals surface area contributed by atoms with Crippen molar-refractivity contribution in [3.8, 4) is 5.75 Å². The van der Waals surface area contributed by atoms with E-state index >= 15 is 0 Å². The summed E-state index contributed by atoms with van der Waals surface area (Å²) in [5.74, 6) is -0.534. The minimum atomic E-state index is -0.530. The third-order valence-corrected chi connectivity index (χ3v) is 2.56. The fourth-order valence-corrected chi connectivity index (χ4v) is 1.65. The van der Waals surface area contributed by atoms with Crippen LogP contribution in [0.25, 0.3) is 6.08 Å². The van der Waals surface area contributed by atoms with Gasteiger partial charge in [-0.1, -0.05) is 42.5 Å². The Balaban J connectivity index is 2.00. The molecule has 0 aliphatic rings. The van der Waals surface area contributed by atoms with Crippen molar-refractivity contribution in [2.45, 2.75) is 0 Å². The van der Waals surface area contributed by atoms with Crippen LogP contribution >= 0.6 is 0 Å². The molecule has 0 bridgehead atoms. The fraction of sp³-hybridized carbons (Fsp3) is 0.0625. The number of halogens is 1. The van der Waals surface area contributed by atoms with E-state index in [9.17, 15) is 9.18 Å². The number of carbonyl (C=O) groups is 1. The molecule has 19 heavy (non-hydrogen) atoms. The number of rotatable bonds is 5. The summed E-state index contributed by atoms with van der Waals surface area (Å²) in [4.78, 5) is 10.8. The zero-order valence-corrected chi connectivity index (χ0v) is 10.3. The molecule has 0 N–H and O–H groups in total. The molecule has 0 fully saturated rings. The lowest BCUT2D eigenvalue weighted by atomic mass is 10.2. The van der Waals surface area contributed by atoms with Crippen molar-refractivity contribution in [1.82, 2.24) is 0 Å². The maximum atomic E-state index is 13.5. The highest BCUT2D eigenvalue weighted by Gasteiger charge is 2.07. The van der Waals surface area contributed by atoms with Crippen molar-refractivity contribution >= 4 is 12.4 Å². The van der Waals surface area contributed by atoms with Crippen LogP contribution < -0.4 is 4.74 Å². The van der Waals surface area contributed by atoms with E-state index in [-0.39, 0.29) is 17.9 Å². The van der Waals surface area contributed by atoms with Gasteiger partial charge in [-0.3, -0.25) is 4.79 Å². The molecule has 0 amide bonds. The van der Waals surface area contributed by atoms with Crippen LogP contribution in [-0.4, -0.2) is 12.9 Å². The van der Waals surface area contributed by atoms with Crippen molar-refractivity contribution in [2.24, 2.45) is 0 Å². The summed E-state index contributed by atoms with van der Waals surface area (Å²) in [6.07, 6.45) is 4.23. The smallest absolute Gasteiger partial charge is 0.165 e. The molecule has 0 atom stereocenters. The molecule has 0 unspecified atom stereocenters. The molecule has 96 valence electrons. The lowest BCUT2D eigenvalue weighted by molar-refractivity contribution is 0.111. The van der Waals surface area contributed by atoms with E-state index in [0.29, 0.717) is 6.29 Å². The number of aldehydes is 1. The third kappa shape index (κ3) is 3.52. The second-order valence-corrected chi connectivity index (χ2v) is 3.90. The van der Waals surface area contributed by atoms with E-state index < -0.39 is 5.82 Å². The number of para-hydroxylation sites is 1. The molecule has 0 aliphatic carbocycles. The molecule has 0 aliphatic heterocycles. The first kappa shape index (κ1) is 13.0. The van der Waals surface area contributed by atoms with Crippen LogP contribution in [0.5, 0.6) is 5.75 Å². The predicted octanol–water partition coefficient (Wildman–Crippen LogP) is 3.73. The van der Waals surface area contributed by atoms with Gasteiger partial charge in [-0.15, -0.1) is 0 Å². The molecule has 2 nitrogen and oxygen atoms in total. The predicted molar refractivity (Wildman–Crippen MR) is 72.8 cm³/mol. The first-order valence-corrected chi connectivity index (χ1v) is 5.89. The lowest BCUT2D eigenvalue weighted by Crippen LogP contribution is -1.99. The standard InChI is InChI=1S/C16H13FO2/c17-15-10-4-9-14(12-18)16(15)19-11-5-8-13-6-2-1-3-7-13/h1-10,12H,11H2/b8-5+. The zero-order chi connectivity index (χ0) is 13.5. The molecule has 0 aromatic heterocycles. The normalized spacial score (nSPS) is 10.6. The molecule has 0 saturated heterocycles. The second kappa shape index (κ2) is 6.50. The molecule has 0 spiro atoms. The number of benzene rings is 2. The highest BCUT2D eigenvalue weighted by atomic mass is 19.1. The van der Waals surface area contributed by atoms with E-state index in [1.165, 1.54) is 18.2 Å². The first-order chi connectivity index (χ1) is 9.31. The molecule has 0 saturated carbocycles. The van der Waals surface area contributed by atoms with Gasteiger partial charge in [-0.25, -0.2) is 4.39 Å². The number of hydrogen-bond acceptors (Lipinski definition) is 2. The topological polar surface area (TPSA) is 26.3 Å². The zero-order valence-electron chi connectivity index (χ0n) is 10.3. The Kier molecular flexibility index (Phi) is 4.45. The van der Waals surface area contributed by atoms with E-state index in [4.69, 9.17) is 4.74 Å². The van der Waals surface area contributed by atoms with Crippen molar-refractivity contribution in [2.75, 3.05) is 6.61 Å². The van der Waals surface area contributed by atoms with Gasteiger partial charge in [0.2, 0.25) is 0 Å². The number of carbonyl (C=O) groups excluding carboxylic acids is 1. The molecule has 0 radical (unpaired) electrons. The highest BCUT2D eigenvalue weighted by molar-refractivity contribution is 5.79. The maximum Gasteiger partial charge on any atom is 0.165 e. The molecular weight excluding hydrogens is 243 g/mol. The van der Waals surface area contributed by atoms with Crippen LogP contribution in [0.15, 0.2) is 54.6 Å². The summed E-state index contributed by atoms with van der Waals surface area (Å²) in [7, 11) is 0. The van der Waals surface area contributed by atoms with Crippen molar-refractivity contribution < 1.29 is 13.9 Å². The van der Waals surface area contributed by atoms with Crippen LogP contribution in [0.1, 0.15) is 15.9 Å². The monoisotopic (exact) mass is 256 g/mol. The lowest BCUT2D eigenvalue weighted by Gasteiger charge is -2.06. The summed E-state index contributed by atoms with van der Waals surface area (Å²) in [6.45, 7) is 0.205. The van der Waals surface area contributed by atoms with Gasteiger partial charge in [0, 0.05) is 0 Å². The average Bonchev–Trinajstić information content (AvgIpc) is 2.46. The Morgan fingerprint density at radius 1 is 1.05 bits per heavy atom. The Morgan fingerprint density at radius 3 is 2.58 bits per heavy atom. The molecule has 0 heterocycles. The molecule has 3 heteroatoms. The third-order valence-electron chi connectivity index (χ3n) is 2.56. The maximum absolute atomic E-state index is 13.5. The second-order valence-electron chi connectivity index (χ2n) is 3.90. The van der Waals surface area contributed by atoms with Crippen molar-refractivity contribution in [3.63, 3.8) is 0 Å². The Morgan fingerprint density at radius 2 is 1.84 bits per heavy atom. The van der Waals surface area contributed by atoms with Gasteiger partial charge in [0.05, 0.1) is 5.56 Å². The summed E-state index contributed by atoms with van der Waals surface area (Å²) in [6, 6.07) is 14.0. The van der Waals surface area contributed by atoms with Crippen molar-refractivity contribution in [3.05, 3.63) is 71.6 Å². The van der Waals surface area contributed by atoms with E-state index in [2.05, 4.69) is 0 Å². The first-order valence-electron chi connectivity index (χ1n) is 5.89. The minimum Gasteiger partial charge on any atom is -0.486 e. The molecule has 2 aromatic rings. The molecule has 2 rings (SSSR count). The van der Waals surface area contributed by atoms with Gasteiger partial charge in [0.15, 0.2) is 17.9 Å². The Labute approximate surface area is 111 Å². The SMILES string of the molecule is O=Cc1cccc(F)c1OC/C=C/c1ccccc1. The van der Waals surface area contributed by atoms with Crippen molar-refractivity contribution in [1.29, 1.82) is 0 Å². The number of hydrogen-bond donors (Lipinski definition) is 0. The van der Waals surface area contributed by atoms with Crippen LogP contribution in [0.3, 0.4) is 0 Å². The summed E-state index contributed by atoms with van der Waals surface area (Å²) < 4.78 is 18.8. The fourth-order valence-electron chi connectivity index (χ4n) is 1.65. The molecule has 2 aromatic carbocycles. The van der Waals surface area contributed by atoms with E-state index in [1.807, 2.05) is 36.4 Å². The average molecular weight is 256 g/mol. The molecular formula is C16H13FO2. The van der Waals surface area contributed by atoms with E-state index in [0.717, 1.165) is 5.56 Å². The minimum absolute atomic E-state index is 0.00443. The number of ether oxygens (including phenoxy) is 1. The van der Waals surface area contributed by atoms with Crippen LogP contribution in [0.4, 0.5) is 4.39 Å².